The summed E-state index contributed by atoms with van der Waals surface area (Å²) in [7, 11) is -5.54. The molecular weight excluding hydrogens is 1440 g/mol. The minimum Gasteiger partial charge on any atom is -0.444 e. The molecule has 548 valence electrons. The van der Waals surface area contributed by atoms with Crippen molar-refractivity contribution in [2.45, 2.75) is 168 Å². The van der Waals surface area contributed by atoms with Crippen LogP contribution in [0.3, 0.4) is 0 Å². The van der Waals surface area contributed by atoms with Crippen molar-refractivity contribution in [2.24, 2.45) is 10.7 Å². The van der Waals surface area contributed by atoms with E-state index in [1.807, 2.05) is 67.0 Å². The fourth-order valence-electron chi connectivity index (χ4n) is 11.2. The van der Waals surface area contributed by atoms with Gasteiger partial charge in [-0.3, -0.25) is 38.2 Å². The van der Waals surface area contributed by atoms with E-state index in [1.54, 1.807) is 47.6 Å². The number of anilines is 4. The fraction of sp³-hybridized carbons (Fsp3) is 0.533. The number of nitrogens with two attached hydrogens (primary N) is 1. The van der Waals surface area contributed by atoms with Crippen molar-refractivity contribution < 1.29 is 77.1 Å². The standard InChI is InChI=1S/C19H22ClFN6O4S.C17H27N5O5S.C16H25N5O3.C7H3ClFNO.CH3ClO2S/c1-11-8-27-17(10-25(11)19(29)23-12-3-4-15(21)14(20)5-12)16(7-22-27)26-9-13(6-18(26)28)24-32(2,30)31;1-11-8-22-14(10-20(11)16(24)27-17(2,3)4)13(7-18-22)21-9-12(6-15(21)23)19-28(5,25)26;1-10-7-21-13(9-19(10)15(23)24-16(2,3)4)12(6-18-21)20-8-11(17)5-14(20)22;8-6-3-5(10-4-11)1-2-7(6)9;1-5(2,3)4/h3-5,7,11,13,24H,6,8-10H2,1-2H3,(H,23,29);7,11-12,19H,6,8-10H2,1-5H3;6,10-11H,5,7-9,17H2,1-4H3;1-3H;1H3/t11-,13?;11-,12?;10-,11?;;/m000../s1. The van der Waals surface area contributed by atoms with E-state index in [1.165, 1.54) is 46.2 Å². The molecule has 2 aromatic carbocycles. The first kappa shape index (κ1) is 79.5. The first-order valence-corrected chi connectivity index (χ1v) is 38.2. The van der Waals surface area contributed by atoms with Gasteiger partial charge in [0.2, 0.25) is 52.9 Å². The minimum absolute atomic E-state index is 0.000685. The van der Waals surface area contributed by atoms with Crippen LogP contribution in [0.5, 0.6) is 0 Å². The van der Waals surface area contributed by atoms with Crippen LogP contribution in [0, 0.1) is 11.6 Å². The second-order valence-corrected chi connectivity index (χ2v) is 33.9. The highest BCUT2D eigenvalue weighted by molar-refractivity contribution is 8.13. The number of rotatable bonds is 9. The number of ether oxygens (including phenoxy) is 2. The van der Waals surface area contributed by atoms with Gasteiger partial charge < -0.3 is 40.1 Å². The number of hydrogen-bond donors (Lipinski definition) is 4. The molecular formula is C60H80Cl3F2N17O15S3. The van der Waals surface area contributed by atoms with Crippen molar-refractivity contribution in [3.8, 4) is 0 Å². The third-order valence-corrected chi connectivity index (χ3v) is 17.6. The number of isocyanates is 1. The third-order valence-electron chi connectivity index (χ3n) is 15.5. The molecule has 3 unspecified atom stereocenters. The van der Waals surface area contributed by atoms with Gasteiger partial charge in [-0.2, -0.15) is 20.3 Å². The maximum Gasteiger partial charge on any atom is 0.410 e. The topological polar surface area (TPSA) is 388 Å². The highest BCUT2D eigenvalue weighted by Gasteiger charge is 2.41. The molecule has 32 nitrogen and oxygen atoms in total. The van der Waals surface area contributed by atoms with Crippen molar-refractivity contribution >= 4 is 133 Å². The van der Waals surface area contributed by atoms with E-state index >= 15 is 0 Å². The first-order valence-electron chi connectivity index (χ1n) is 30.9. The number of fused-ring (bicyclic) bond motifs is 3. The predicted molar refractivity (Wildman–Crippen MR) is 367 cm³/mol. The van der Waals surface area contributed by atoms with Crippen LogP contribution < -0.4 is 35.2 Å². The third kappa shape index (κ3) is 22.1. The lowest BCUT2D eigenvalue weighted by Gasteiger charge is -2.36. The molecule has 9 heterocycles. The molecule has 5 N–H and O–H groups in total. The number of urea groups is 1. The highest BCUT2D eigenvalue weighted by atomic mass is 35.7. The first-order chi connectivity index (χ1) is 46.2. The molecule has 6 aliphatic rings. The Labute approximate surface area is 591 Å². The molecule has 0 spiro atoms. The second-order valence-electron chi connectivity index (χ2n) is 26.5. The largest absolute Gasteiger partial charge is 0.444 e. The van der Waals surface area contributed by atoms with Crippen LogP contribution in [-0.4, -0.2) is 197 Å². The van der Waals surface area contributed by atoms with Gasteiger partial charge >= 0.3 is 18.2 Å². The number of aliphatic imine (C=N–C) groups is 1. The number of hydrogen-bond acceptors (Lipinski definition) is 20. The molecule has 3 saturated heterocycles. The number of carbonyl (C=O) groups excluding carboxylic acids is 7. The number of amides is 7. The summed E-state index contributed by atoms with van der Waals surface area (Å²) in [6, 6.07) is 5.75. The van der Waals surface area contributed by atoms with Gasteiger partial charge in [0.15, 0.2) is 0 Å². The van der Waals surface area contributed by atoms with E-state index < -0.39 is 76.1 Å². The van der Waals surface area contributed by atoms with Gasteiger partial charge in [0.25, 0.3) is 0 Å². The van der Waals surface area contributed by atoms with Crippen LogP contribution in [0.1, 0.15) is 98.7 Å². The Hall–Kier alpha value is -7.87. The summed E-state index contributed by atoms with van der Waals surface area (Å²) >= 11 is 11.2. The van der Waals surface area contributed by atoms with E-state index in [-0.39, 0.29) is 97.0 Å². The van der Waals surface area contributed by atoms with E-state index in [0.717, 1.165) is 41.9 Å². The summed E-state index contributed by atoms with van der Waals surface area (Å²) in [5.41, 5.74) is 9.54. The van der Waals surface area contributed by atoms with E-state index in [4.69, 9.17) is 38.4 Å². The Morgan fingerprint density at radius 3 is 1.30 bits per heavy atom. The molecule has 6 atom stereocenters. The Bertz CT molecular complexity index is 4310. The lowest BCUT2D eigenvalue weighted by Crippen LogP contribution is -2.47. The fourth-order valence-corrected chi connectivity index (χ4v) is 13.1. The molecule has 7 amide bonds. The van der Waals surface area contributed by atoms with Crippen LogP contribution in [0.2, 0.25) is 10.0 Å². The summed E-state index contributed by atoms with van der Waals surface area (Å²) in [6.45, 7) is 19.9. The number of carbonyl (C=O) groups is 6. The number of nitrogens with zero attached hydrogens (tertiary/aromatic N) is 13. The number of sulfonamides is 2. The van der Waals surface area contributed by atoms with Gasteiger partial charge in [-0.25, -0.2) is 62.7 Å². The van der Waals surface area contributed by atoms with Crippen LogP contribution in [0.15, 0.2) is 60.0 Å². The van der Waals surface area contributed by atoms with E-state index in [2.05, 4.69) is 45.7 Å². The molecule has 0 aliphatic carbocycles. The zero-order valence-electron chi connectivity index (χ0n) is 56.8. The Morgan fingerprint density at radius 2 is 0.950 bits per heavy atom. The van der Waals surface area contributed by atoms with Crippen LogP contribution in [0.4, 0.5) is 51.6 Å². The van der Waals surface area contributed by atoms with Gasteiger partial charge in [-0.05, 0) is 98.7 Å². The van der Waals surface area contributed by atoms with Crippen molar-refractivity contribution in [3.63, 3.8) is 0 Å². The molecule has 0 radical (unpaired) electrons. The average molecular weight is 1520 g/mol. The zero-order chi connectivity index (χ0) is 74.5. The summed E-state index contributed by atoms with van der Waals surface area (Å²) in [4.78, 5) is 97.7. The summed E-state index contributed by atoms with van der Waals surface area (Å²) < 4.78 is 112. The van der Waals surface area contributed by atoms with Crippen molar-refractivity contribution in [1.82, 2.24) is 53.5 Å². The summed E-state index contributed by atoms with van der Waals surface area (Å²) in [5.74, 6) is -1.52. The number of aromatic nitrogens is 6. The number of nitrogens with one attached hydrogen (secondary N) is 3. The number of halogens is 5. The van der Waals surface area contributed by atoms with Crippen LogP contribution >= 0.6 is 33.9 Å². The highest BCUT2D eigenvalue weighted by Crippen LogP contribution is 2.35. The second kappa shape index (κ2) is 32.0. The molecule has 5 aromatic rings. The van der Waals surface area contributed by atoms with Gasteiger partial charge in [0.1, 0.15) is 22.8 Å². The average Bonchev–Trinajstić information content (AvgIpc) is 1.62. The van der Waals surface area contributed by atoms with E-state index in [9.17, 15) is 67.6 Å². The SMILES string of the molecule is CS(=O)(=O)Cl.C[C@H]1Cn2ncc(N3CC(N)CC3=O)c2CN1C(=O)OC(C)(C)C.C[C@H]1Cn2ncc(N3CC(NS(C)(=O)=O)CC3=O)c2CN1C(=O)Nc1ccc(F)c(Cl)c1.C[C@H]1Cn2ncc(N3CC(NS(C)(=O)=O)CC3=O)c2CN1C(=O)OC(C)(C)C.O=C=Nc1ccc(F)c(Cl)c1. The van der Waals surface area contributed by atoms with Crippen molar-refractivity contribution in [3.05, 3.63) is 93.8 Å². The van der Waals surface area contributed by atoms with Crippen LogP contribution in [0.25, 0.3) is 0 Å². The van der Waals surface area contributed by atoms with Gasteiger partial charge in [-0.1, -0.05) is 23.2 Å². The molecule has 3 aromatic heterocycles. The molecule has 40 heteroatoms. The Morgan fingerprint density at radius 1 is 0.590 bits per heavy atom. The molecule has 0 saturated carbocycles. The lowest BCUT2D eigenvalue weighted by molar-refractivity contribution is -0.118. The summed E-state index contributed by atoms with van der Waals surface area (Å²) in [6.07, 6.45) is 8.93. The molecule has 0 bridgehead atoms. The van der Waals surface area contributed by atoms with Gasteiger partial charge in [0, 0.05) is 73.4 Å². The number of benzene rings is 2. The lowest BCUT2D eigenvalue weighted by atomic mass is 10.2. The molecule has 11 rings (SSSR count). The predicted octanol–water partition coefficient (Wildman–Crippen LogP) is 6.16. The van der Waals surface area contributed by atoms with Crippen molar-refractivity contribution in [1.29, 1.82) is 0 Å². The normalized spacial score (nSPS) is 20.6. The zero-order valence-corrected chi connectivity index (χ0v) is 61.5. The van der Waals surface area contributed by atoms with Crippen molar-refractivity contribution in [2.75, 3.05) is 58.4 Å². The maximum absolute atomic E-state index is 13.4. The smallest absolute Gasteiger partial charge is 0.410 e. The Kier molecular flexibility index (Phi) is 25.4. The van der Waals surface area contributed by atoms with Gasteiger partial charge in [-0.15, -0.1) is 0 Å². The van der Waals surface area contributed by atoms with E-state index in [0.29, 0.717) is 67.6 Å². The molecule has 3 fully saturated rings. The van der Waals surface area contributed by atoms with Crippen LogP contribution in [-0.2, 0) is 97.0 Å². The molecule has 100 heavy (non-hydrogen) atoms. The van der Waals surface area contributed by atoms with Gasteiger partial charge in [0.05, 0.1) is 145 Å². The molecule has 6 aliphatic heterocycles. The minimum atomic E-state index is -3.45. The summed E-state index contributed by atoms with van der Waals surface area (Å²) in [5, 5.41) is 15.7. The Balaban J connectivity index is 0.000000191. The maximum atomic E-state index is 13.4. The quantitative estimate of drug-likeness (QED) is 0.0729. The monoisotopic (exact) mass is 1520 g/mol.